The van der Waals surface area contributed by atoms with Crippen LogP contribution in [0.4, 0.5) is 5.69 Å². The molecule has 2 aromatic carbocycles. The van der Waals surface area contributed by atoms with Crippen LogP contribution >= 0.6 is 0 Å². The van der Waals surface area contributed by atoms with Crippen LogP contribution < -0.4 is 21.9 Å². The van der Waals surface area contributed by atoms with Crippen molar-refractivity contribution >= 4 is 28.4 Å². The number of anilines is 1. The van der Waals surface area contributed by atoms with Gasteiger partial charge in [-0.2, -0.15) is 0 Å². The zero-order chi connectivity index (χ0) is 24.1. The maximum absolute atomic E-state index is 12.8. The van der Waals surface area contributed by atoms with Gasteiger partial charge in [0.2, 0.25) is 5.91 Å². The van der Waals surface area contributed by atoms with E-state index < -0.39 is 11.6 Å². The van der Waals surface area contributed by atoms with E-state index in [9.17, 15) is 19.2 Å². The Morgan fingerprint density at radius 1 is 0.941 bits per heavy atom. The first-order valence-corrected chi connectivity index (χ1v) is 10.8. The molecule has 2 amide bonds. The summed E-state index contributed by atoms with van der Waals surface area (Å²) in [6.45, 7) is 1.89. The Morgan fingerprint density at radius 3 is 2.50 bits per heavy atom. The van der Waals surface area contributed by atoms with E-state index in [-0.39, 0.29) is 31.1 Å². The Bertz CT molecular complexity index is 1470. The van der Waals surface area contributed by atoms with Crippen molar-refractivity contribution in [3.05, 3.63) is 105 Å². The molecule has 9 heteroatoms. The Balaban J connectivity index is 1.51. The summed E-state index contributed by atoms with van der Waals surface area (Å²) in [6.07, 6.45) is 1.65. The van der Waals surface area contributed by atoms with E-state index >= 15 is 0 Å². The van der Waals surface area contributed by atoms with Gasteiger partial charge in [-0.1, -0.05) is 24.3 Å². The summed E-state index contributed by atoms with van der Waals surface area (Å²) in [7, 11) is 0. The minimum absolute atomic E-state index is 0.194. The zero-order valence-electron chi connectivity index (χ0n) is 18.5. The van der Waals surface area contributed by atoms with Crippen LogP contribution in [-0.2, 0) is 24.4 Å². The molecule has 172 valence electrons. The number of nitrogens with one attached hydrogen (secondary N) is 2. The molecule has 2 aromatic heterocycles. The van der Waals surface area contributed by atoms with Gasteiger partial charge < -0.3 is 10.6 Å². The lowest BCUT2D eigenvalue weighted by molar-refractivity contribution is -0.116. The fraction of sp³-hybridized carbons (Fsp3) is 0.160. The molecular weight excluding hydrogens is 434 g/mol. The topological polar surface area (TPSA) is 115 Å². The maximum Gasteiger partial charge on any atom is 0.331 e. The van der Waals surface area contributed by atoms with E-state index in [1.54, 1.807) is 67.7 Å². The fourth-order valence-electron chi connectivity index (χ4n) is 3.66. The van der Waals surface area contributed by atoms with Crippen molar-refractivity contribution in [1.82, 2.24) is 19.4 Å². The Hall–Kier alpha value is -4.53. The summed E-state index contributed by atoms with van der Waals surface area (Å²) in [4.78, 5) is 54.9. The number of amides is 2. The third-order valence-electron chi connectivity index (χ3n) is 5.31. The van der Waals surface area contributed by atoms with Gasteiger partial charge in [0, 0.05) is 24.0 Å². The molecule has 0 aliphatic carbocycles. The Labute approximate surface area is 194 Å². The second-order valence-electron chi connectivity index (χ2n) is 7.57. The fourth-order valence-corrected chi connectivity index (χ4v) is 3.66. The van der Waals surface area contributed by atoms with E-state index in [0.29, 0.717) is 22.2 Å². The summed E-state index contributed by atoms with van der Waals surface area (Å²) in [5.74, 6) is -0.765. The molecule has 0 unspecified atom stereocenters. The highest BCUT2D eigenvalue weighted by molar-refractivity contribution is 5.97. The number of nitrogens with zero attached hydrogens (tertiary/aromatic N) is 3. The van der Waals surface area contributed by atoms with Crippen LogP contribution in [0.15, 0.2) is 82.5 Å². The number of hydrogen-bond donors (Lipinski definition) is 2. The first-order valence-electron chi connectivity index (χ1n) is 10.8. The third kappa shape index (κ3) is 4.78. The molecule has 2 N–H and O–H groups in total. The lowest BCUT2D eigenvalue weighted by Crippen LogP contribution is -2.41. The standard InChI is InChI=1S/C25H23N5O4/c1-2-29-24(33)20-11-3-4-12-21(20)30(25(29)34)16-22(31)28-18-10-7-8-17(14-18)23(32)27-15-19-9-5-6-13-26-19/h3-14H,2,15-16H2,1H3,(H,27,32)(H,28,31). The van der Waals surface area contributed by atoms with E-state index in [2.05, 4.69) is 15.6 Å². The predicted molar refractivity (Wildman–Crippen MR) is 129 cm³/mol. The number of benzene rings is 2. The highest BCUT2D eigenvalue weighted by Crippen LogP contribution is 2.12. The first kappa shape index (κ1) is 22.7. The van der Waals surface area contributed by atoms with Gasteiger partial charge >= 0.3 is 5.69 Å². The van der Waals surface area contributed by atoms with E-state index in [1.165, 1.54) is 4.57 Å². The Kier molecular flexibility index (Phi) is 6.63. The van der Waals surface area contributed by atoms with Crippen LogP contribution in [0.25, 0.3) is 10.9 Å². The first-order chi connectivity index (χ1) is 16.5. The molecule has 0 aliphatic heterocycles. The van der Waals surface area contributed by atoms with Crippen molar-refractivity contribution in [2.24, 2.45) is 0 Å². The molecule has 0 saturated carbocycles. The second kappa shape index (κ2) is 9.95. The predicted octanol–water partition coefficient (Wildman–Crippen LogP) is 2.15. The molecule has 4 aromatic rings. The third-order valence-corrected chi connectivity index (χ3v) is 5.31. The average molecular weight is 457 g/mol. The van der Waals surface area contributed by atoms with Gasteiger partial charge in [-0.05, 0) is 49.4 Å². The zero-order valence-corrected chi connectivity index (χ0v) is 18.5. The number of carbonyl (C=O) groups is 2. The monoisotopic (exact) mass is 457 g/mol. The SMILES string of the molecule is CCn1c(=O)c2ccccc2n(CC(=O)Nc2cccc(C(=O)NCc3ccccn3)c2)c1=O. The lowest BCUT2D eigenvalue weighted by Gasteiger charge is -2.13. The molecule has 4 rings (SSSR count). The van der Waals surface area contributed by atoms with Gasteiger partial charge in [0.25, 0.3) is 11.5 Å². The van der Waals surface area contributed by atoms with Gasteiger partial charge in [0.05, 0.1) is 23.1 Å². The number of rotatable bonds is 7. The molecule has 0 radical (unpaired) electrons. The largest absolute Gasteiger partial charge is 0.346 e. The van der Waals surface area contributed by atoms with E-state index in [4.69, 9.17) is 0 Å². The summed E-state index contributed by atoms with van der Waals surface area (Å²) in [6, 6.07) is 18.6. The molecule has 0 bridgehead atoms. The second-order valence-corrected chi connectivity index (χ2v) is 7.57. The van der Waals surface area contributed by atoms with Crippen molar-refractivity contribution in [1.29, 1.82) is 0 Å². The molecule has 34 heavy (non-hydrogen) atoms. The van der Waals surface area contributed by atoms with Crippen LogP contribution in [0.2, 0.25) is 0 Å². The minimum Gasteiger partial charge on any atom is -0.346 e. The van der Waals surface area contributed by atoms with Gasteiger partial charge in [-0.15, -0.1) is 0 Å². The van der Waals surface area contributed by atoms with Crippen molar-refractivity contribution in [3.8, 4) is 0 Å². The number of hydrogen-bond acceptors (Lipinski definition) is 5. The molecule has 9 nitrogen and oxygen atoms in total. The Morgan fingerprint density at radius 2 is 1.74 bits per heavy atom. The van der Waals surface area contributed by atoms with Crippen LogP contribution in [0.1, 0.15) is 23.0 Å². The lowest BCUT2D eigenvalue weighted by atomic mass is 10.2. The summed E-state index contributed by atoms with van der Waals surface area (Å²) in [5, 5.41) is 5.88. The molecule has 0 fully saturated rings. The van der Waals surface area contributed by atoms with Crippen LogP contribution in [0, 0.1) is 0 Å². The average Bonchev–Trinajstić information content (AvgIpc) is 2.86. The highest BCUT2D eigenvalue weighted by atomic mass is 16.2. The van der Waals surface area contributed by atoms with E-state index in [0.717, 1.165) is 10.3 Å². The van der Waals surface area contributed by atoms with Gasteiger partial charge in [0.15, 0.2) is 0 Å². The molecule has 2 heterocycles. The normalized spacial score (nSPS) is 10.7. The minimum atomic E-state index is -0.552. The summed E-state index contributed by atoms with van der Waals surface area (Å²) < 4.78 is 2.38. The molecule has 0 atom stereocenters. The van der Waals surface area contributed by atoms with Crippen molar-refractivity contribution in [3.63, 3.8) is 0 Å². The quantitative estimate of drug-likeness (QED) is 0.441. The van der Waals surface area contributed by atoms with E-state index in [1.807, 2.05) is 12.1 Å². The highest BCUT2D eigenvalue weighted by Gasteiger charge is 2.15. The van der Waals surface area contributed by atoms with Gasteiger partial charge in [-0.25, -0.2) is 4.79 Å². The van der Waals surface area contributed by atoms with Crippen molar-refractivity contribution in [2.45, 2.75) is 26.6 Å². The number of para-hydroxylation sites is 1. The van der Waals surface area contributed by atoms with Crippen LogP contribution in [0.5, 0.6) is 0 Å². The number of pyridine rings is 1. The maximum atomic E-state index is 12.8. The van der Waals surface area contributed by atoms with Gasteiger partial charge in [-0.3, -0.25) is 28.5 Å². The smallest absolute Gasteiger partial charge is 0.331 e. The van der Waals surface area contributed by atoms with Crippen LogP contribution in [0.3, 0.4) is 0 Å². The molecule has 0 spiro atoms. The molecule has 0 aliphatic rings. The number of carbonyl (C=O) groups excluding carboxylic acids is 2. The summed E-state index contributed by atoms with van der Waals surface area (Å²) in [5.41, 5.74) is 0.965. The number of aromatic nitrogens is 3. The summed E-state index contributed by atoms with van der Waals surface area (Å²) >= 11 is 0. The molecule has 0 saturated heterocycles. The van der Waals surface area contributed by atoms with Crippen molar-refractivity contribution < 1.29 is 9.59 Å². The van der Waals surface area contributed by atoms with Crippen molar-refractivity contribution in [2.75, 3.05) is 5.32 Å². The van der Waals surface area contributed by atoms with Gasteiger partial charge in [0.1, 0.15) is 6.54 Å². The van der Waals surface area contributed by atoms with Crippen LogP contribution in [-0.4, -0.2) is 25.9 Å². The number of fused-ring (bicyclic) bond motifs is 1. The molecular formula is C25H23N5O4.